The maximum Gasteiger partial charge on any atom is 0.254 e. The summed E-state index contributed by atoms with van der Waals surface area (Å²) in [6.45, 7) is 1.77. The quantitative estimate of drug-likeness (QED) is 0.273. The zero-order chi connectivity index (χ0) is 28.9. The number of benzene rings is 2. The molecule has 1 atom stereocenters. The third-order valence-electron chi connectivity index (χ3n) is 7.02. The van der Waals surface area contributed by atoms with Gasteiger partial charge in [0.05, 0.1) is 33.9 Å². The first-order valence-electron chi connectivity index (χ1n) is 13.1. The molecule has 0 saturated carbocycles. The van der Waals surface area contributed by atoms with Crippen molar-refractivity contribution in [2.45, 2.75) is 38.5 Å². The third-order valence-corrected chi connectivity index (χ3v) is 9.59. The molecule has 3 N–H and O–H groups in total. The van der Waals surface area contributed by atoms with Crippen molar-refractivity contribution in [1.82, 2.24) is 5.32 Å². The summed E-state index contributed by atoms with van der Waals surface area (Å²) in [7, 11) is 0. The molecule has 0 unspecified atom stereocenters. The summed E-state index contributed by atoms with van der Waals surface area (Å²) >= 11 is 9.25. The Morgan fingerprint density at radius 3 is 2.51 bits per heavy atom. The van der Waals surface area contributed by atoms with Crippen LogP contribution in [0.2, 0.25) is 5.02 Å². The highest BCUT2D eigenvalue weighted by Crippen LogP contribution is 2.43. The van der Waals surface area contributed by atoms with Crippen LogP contribution in [0.4, 0.5) is 10.7 Å². The zero-order valence-corrected chi connectivity index (χ0v) is 24.6. The van der Waals surface area contributed by atoms with Gasteiger partial charge in [-0.1, -0.05) is 59.8 Å². The largest absolute Gasteiger partial charge is 0.353 e. The van der Waals surface area contributed by atoms with Crippen molar-refractivity contribution in [1.29, 1.82) is 10.5 Å². The lowest BCUT2D eigenvalue weighted by atomic mass is 9.82. The Bertz CT molecular complexity index is 1660. The predicted octanol–water partition coefficient (Wildman–Crippen LogP) is 6.86. The van der Waals surface area contributed by atoms with E-state index < -0.39 is 5.92 Å². The normalized spacial score (nSPS) is 16.2. The number of thioether (sulfide) groups is 1. The number of amides is 2. The first-order valence-corrected chi connectivity index (χ1v) is 15.3. The topological polar surface area (TPSA) is 118 Å². The van der Waals surface area contributed by atoms with Gasteiger partial charge in [0.15, 0.2) is 0 Å². The number of dihydropyridines is 1. The van der Waals surface area contributed by atoms with Gasteiger partial charge in [-0.25, -0.2) is 0 Å². The van der Waals surface area contributed by atoms with E-state index in [1.165, 1.54) is 28.0 Å². The van der Waals surface area contributed by atoms with E-state index in [2.05, 4.69) is 28.1 Å². The second-order valence-corrected chi connectivity index (χ2v) is 12.2. The van der Waals surface area contributed by atoms with Crippen LogP contribution < -0.4 is 16.0 Å². The van der Waals surface area contributed by atoms with Gasteiger partial charge in [0, 0.05) is 26.9 Å². The smallest absolute Gasteiger partial charge is 0.254 e. The number of nitrogens with zero attached hydrogens (tertiary/aromatic N) is 2. The lowest BCUT2D eigenvalue weighted by Gasteiger charge is -2.30. The summed E-state index contributed by atoms with van der Waals surface area (Å²) in [5.74, 6) is -1.36. The van der Waals surface area contributed by atoms with E-state index in [1.54, 1.807) is 37.3 Å². The molecule has 2 heterocycles. The number of hydrogen-bond donors (Lipinski definition) is 3. The molecule has 0 fully saturated rings. The van der Waals surface area contributed by atoms with Gasteiger partial charge in [0.2, 0.25) is 5.91 Å². The molecule has 3 aromatic rings. The molecular formula is C31H26ClN5O2S2. The average molecular weight is 600 g/mol. The molecule has 1 aliphatic carbocycles. The Hall–Kier alpha value is -4.02. The second kappa shape index (κ2) is 12.7. The molecule has 2 aromatic carbocycles. The fraction of sp³-hybridized carbons (Fsp3) is 0.226. The highest BCUT2D eigenvalue weighted by Gasteiger charge is 2.36. The van der Waals surface area contributed by atoms with Gasteiger partial charge in [0.25, 0.3) is 5.91 Å². The maximum absolute atomic E-state index is 13.6. The van der Waals surface area contributed by atoms with Gasteiger partial charge in [-0.3, -0.25) is 9.59 Å². The van der Waals surface area contributed by atoms with Gasteiger partial charge in [0.1, 0.15) is 11.1 Å². The highest BCUT2D eigenvalue weighted by atomic mass is 35.5. The number of nitrogens with one attached hydrogen (secondary N) is 3. The molecular weight excluding hydrogens is 574 g/mol. The van der Waals surface area contributed by atoms with Gasteiger partial charge >= 0.3 is 0 Å². The van der Waals surface area contributed by atoms with Crippen LogP contribution in [0.5, 0.6) is 0 Å². The van der Waals surface area contributed by atoms with Crippen molar-refractivity contribution < 1.29 is 9.59 Å². The molecule has 10 heteroatoms. The molecule has 0 spiro atoms. The van der Waals surface area contributed by atoms with Crippen LogP contribution in [-0.2, 0) is 22.4 Å². The van der Waals surface area contributed by atoms with E-state index in [1.807, 2.05) is 24.3 Å². The summed E-state index contributed by atoms with van der Waals surface area (Å²) in [5, 5.41) is 30.6. The Kier molecular flexibility index (Phi) is 8.80. The minimum absolute atomic E-state index is 0.00894. The van der Waals surface area contributed by atoms with Crippen LogP contribution in [0, 0.1) is 22.7 Å². The summed E-state index contributed by atoms with van der Waals surface area (Å²) in [6.07, 6.45) is 3.92. The molecule has 206 valence electrons. The Morgan fingerprint density at radius 1 is 1.05 bits per heavy atom. The van der Waals surface area contributed by atoms with Crippen molar-refractivity contribution in [3.8, 4) is 12.1 Å². The van der Waals surface area contributed by atoms with E-state index in [0.29, 0.717) is 48.7 Å². The number of halogens is 1. The summed E-state index contributed by atoms with van der Waals surface area (Å²) < 4.78 is 0. The number of carbonyl (C=O) groups is 2. The molecule has 2 aliphatic rings. The van der Waals surface area contributed by atoms with Crippen LogP contribution in [0.15, 0.2) is 76.5 Å². The molecule has 5 rings (SSSR count). The molecule has 0 radical (unpaired) electrons. The number of thiophene rings is 1. The number of aryl methyl sites for hydroxylation is 1. The van der Waals surface area contributed by atoms with Crippen molar-refractivity contribution >= 4 is 57.2 Å². The van der Waals surface area contributed by atoms with E-state index >= 15 is 0 Å². The zero-order valence-electron chi connectivity index (χ0n) is 22.2. The number of fused-ring (bicyclic) bond motifs is 1. The molecule has 1 aromatic heterocycles. The summed E-state index contributed by atoms with van der Waals surface area (Å²) in [6, 6.07) is 20.8. The Labute approximate surface area is 251 Å². The Morgan fingerprint density at radius 2 is 1.78 bits per heavy atom. The third kappa shape index (κ3) is 6.03. The Balaban J connectivity index is 1.41. The number of hydrogen-bond acceptors (Lipinski definition) is 7. The monoisotopic (exact) mass is 599 g/mol. The van der Waals surface area contributed by atoms with Crippen molar-refractivity contribution in [3.05, 3.63) is 103 Å². The van der Waals surface area contributed by atoms with Crippen molar-refractivity contribution in [2.75, 3.05) is 16.4 Å². The summed E-state index contributed by atoms with van der Waals surface area (Å²) in [5.41, 5.74) is 4.08. The van der Waals surface area contributed by atoms with E-state index in [0.717, 1.165) is 31.2 Å². The molecule has 1 aliphatic heterocycles. The number of rotatable bonds is 7. The van der Waals surface area contributed by atoms with Crippen molar-refractivity contribution in [3.63, 3.8) is 0 Å². The minimum atomic E-state index is -0.738. The fourth-order valence-corrected chi connectivity index (χ4v) is 7.53. The van der Waals surface area contributed by atoms with E-state index in [4.69, 9.17) is 11.6 Å². The minimum Gasteiger partial charge on any atom is -0.353 e. The first kappa shape index (κ1) is 28.5. The summed E-state index contributed by atoms with van der Waals surface area (Å²) in [4.78, 5) is 27.8. The van der Waals surface area contributed by atoms with E-state index in [-0.39, 0.29) is 17.6 Å². The lowest BCUT2D eigenvalue weighted by molar-refractivity contribution is -0.114. The highest BCUT2D eigenvalue weighted by molar-refractivity contribution is 8.03. The molecule has 41 heavy (non-hydrogen) atoms. The van der Waals surface area contributed by atoms with Gasteiger partial charge in [-0.05, 0) is 61.9 Å². The van der Waals surface area contributed by atoms with Gasteiger partial charge in [-0.15, -0.1) is 11.3 Å². The lowest BCUT2D eigenvalue weighted by Crippen LogP contribution is -2.31. The fourth-order valence-electron chi connectivity index (χ4n) is 5.14. The predicted molar refractivity (Wildman–Crippen MR) is 165 cm³/mol. The van der Waals surface area contributed by atoms with E-state index in [9.17, 15) is 20.1 Å². The van der Waals surface area contributed by atoms with Crippen LogP contribution in [-0.4, -0.2) is 17.6 Å². The standard InChI is InChI=1S/C31H26ClN5O2S2/c1-18-27(29(39)36-19-9-3-2-4-10-19)28(21-12-5-7-13-24(21)32)23(16-34)30(35-18)40-17-26(38)37-31-22(15-33)20-11-6-8-14-25(20)41-31/h2-5,7,9-10,12-13,28,35H,6,8,11,14,17H2,1H3,(H,36,39)(H,37,38)/t28-/m0/s1. The molecule has 0 bridgehead atoms. The molecule has 0 saturated heterocycles. The maximum atomic E-state index is 13.6. The SMILES string of the molecule is CC1=C(C(=O)Nc2ccccc2)[C@@H](c2ccccc2Cl)C(C#N)=C(SCC(=O)Nc2sc3c(c2C#N)CCCC3)N1. The molecule has 7 nitrogen and oxygen atoms in total. The van der Waals surface area contributed by atoms with Crippen molar-refractivity contribution in [2.24, 2.45) is 0 Å². The van der Waals surface area contributed by atoms with Gasteiger partial charge < -0.3 is 16.0 Å². The second-order valence-electron chi connectivity index (χ2n) is 9.66. The average Bonchev–Trinajstić information content (AvgIpc) is 3.33. The number of anilines is 2. The number of nitriles is 2. The first-order chi connectivity index (χ1) is 19.9. The molecule has 2 amide bonds. The van der Waals surface area contributed by atoms with Crippen LogP contribution >= 0.6 is 34.7 Å². The van der Waals surface area contributed by atoms with Gasteiger partial charge in [-0.2, -0.15) is 10.5 Å². The van der Waals surface area contributed by atoms with Crippen LogP contribution in [0.25, 0.3) is 0 Å². The van der Waals surface area contributed by atoms with Crippen LogP contribution in [0.1, 0.15) is 47.3 Å². The number of carbonyl (C=O) groups excluding carboxylic acids is 2. The number of para-hydroxylation sites is 1. The number of allylic oxidation sites excluding steroid dienone is 2. The van der Waals surface area contributed by atoms with Crippen LogP contribution in [0.3, 0.4) is 0 Å².